The zero-order valence-corrected chi connectivity index (χ0v) is 9.89. The number of pyridine rings is 1. The smallest absolute Gasteiger partial charge is 0.339 e. The Morgan fingerprint density at radius 3 is 2.88 bits per heavy atom. The van der Waals surface area contributed by atoms with E-state index >= 15 is 0 Å². The van der Waals surface area contributed by atoms with Crippen LogP contribution in [0.15, 0.2) is 18.3 Å². The van der Waals surface area contributed by atoms with Crippen molar-refractivity contribution in [3.8, 4) is 0 Å². The van der Waals surface area contributed by atoms with Crippen molar-refractivity contribution in [1.29, 1.82) is 0 Å². The van der Waals surface area contributed by atoms with Crippen LogP contribution in [-0.2, 0) is 0 Å². The summed E-state index contributed by atoms with van der Waals surface area (Å²) in [5.41, 5.74) is 0.242. The summed E-state index contributed by atoms with van der Waals surface area (Å²) in [6.45, 7) is 2.07. The summed E-state index contributed by atoms with van der Waals surface area (Å²) in [4.78, 5) is 17.4. The van der Waals surface area contributed by atoms with Gasteiger partial charge in [-0.15, -0.1) is 0 Å². The fourth-order valence-corrected chi connectivity index (χ4v) is 2.04. The van der Waals surface area contributed by atoms with E-state index in [-0.39, 0.29) is 5.56 Å². The predicted molar refractivity (Wildman–Crippen MR) is 65.3 cm³/mol. The summed E-state index contributed by atoms with van der Waals surface area (Å²) >= 11 is 0. The third-order valence-corrected chi connectivity index (χ3v) is 3.10. The Labute approximate surface area is 100 Å². The third kappa shape index (κ3) is 2.94. The fraction of sp³-hybridized carbons (Fsp3) is 0.500. The van der Waals surface area contributed by atoms with Gasteiger partial charge in [-0.05, 0) is 45.1 Å². The van der Waals surface area contributed by atoms with E-state index in [0.717, 1.165) is 25.9 Å². The molecular formula is C12H17N3O2. The number of hydrogen-bond donors (Lipinski definition) is 2. The Kier molecular flexibility index (Phi) is 3.58. The third-order valence-electron chi connectivity index (χ3n) is 3.10. The molecule has 5 heteroatoms. The second kappa shape index (κ2) is 5.14. The maximum Gasteiger partial charge on any atom is 0.339 e. The highest BCUT2D eigenvalue weighted by atomic mass is 16.4. The molecule has 2 heterocycles. The van der Waals surface area contributed by atoms with Gasteiger partial charge in [-0.1, -0.05) is 0 Å². The molecule has 2 rings (SSSR count). The average Bonchev–Trinajstić information content (AvgIpc) is 2.32. The van der Waals surface area contributed by atoms with E-state index in [1.807, 2.05) is 0 Å². The number of anilines is 1. The monoisotopic (exact) mass is 235 g/mol. The van der Waals surface area contributed by atoms with Crippen molar-refractivity contribution in [2.45, 2.75) is 18.9 Å². The van der Waals surface area contributed by atoms with Crippen LogP contribution in [0.25, 0.3) is 0 Å². The van der Waals surface area contributed by atoms with Gasteiger partial charge in [-0.2, -0.15) is 0 Å². The minimum absolute atomic E-state index is 0.242. The van der Waals surface area contributed by atoms with Crippen molar-refractivity contribution in [3.63, 3.8) is 0 Å². The SMILES string of the molecule is CN1CCC(Nc2ncccc2C(=O)O)CC1. The van der Waals surface area contributed by atoms with Gasteiger partial charge >= 0.3 is 5.97 Å². The number of aromatic nitrogens is 1. The first-order valence-corrected chi connectivity index (χ1v) is 5.80. The molecule has 0 amide bonds. The van der Waals surface area contributed by atoms with Crippen LogP contribution >= 0.6 is 0 Å². The van der Waals surface area contributed by atoms with Crippen LogP contribution in [0.3, 0.4) is 0 Å². The molecule has 17 heavy (non-hydrogen) atoms. The highest BCUT2D eigenvalue weighted by Crippen LogP contribution is 2.17. The van der Waals surface area contributed by atoms with E-state index in [9.17, 15) is 4.79 Å². The second-order valence-corrected chi connectivity index (χ2v) is 4.43. The van der Waals surface area contributed by atoms with Crippen LogP contribution in [0.5, 0.6) is 0 Å². The van der Waals surface area contributed by atoms with Crippen LogP contribution in [0.4, 0.5) is 5.82 Å². The number of piperidine rings is 1. The van der Waals surface area contributed by atoms with E-state index in [1.165, 1.54) is 0 Å². The Morgan fingerprint density at radius 2 is 2.24 bits per heavy atom. The molecule has 1 aliphatic heterocycles. The first-order chi connectivity index (χ1) is 8.16. The normalized spacial score (nSPS) is 17.9. The Hall–Kier alpha value is -1.62. The molecule has 0 bridgehead atoms. The van der Waals surface area contributed by atoms with Crippen molar-refractivity contribution in [2.24, 2.45) is 0 Å². The molecule has 0 unspecified atom stereocenters. The zero-order chi connectivity index (χ0) is 12.3. The molecule has 1 fully saturated rings. The molecule has 5 nitrogen and oxygen atoms in total. The Bertz CT molecular complexity index is 400. The number of hydrogen-bond acceptors (Lipinski definition) is 4. The van der Waals surface area contributed by atoms with E-state index < -0.39 is 5.97 Å². The lowest BCUT2D eigenvalue weighted by molar-refractivity contribution is 0.0697. The molecule has 1 saturated heterocycles. The first kappa shape index (κ1) is 11.9. The van der Waals surface area contributed by atoms with E-state index in [2.05, 4.69) is 22.2 Å². The molecule has 0 spiro atoms. The summed E-state index contributed by atoms with van der Waals surface area (Å²) < 4.78 is 0. The van der Waals surface area contributed by atoms with Crippen molar-refractivity contribution in [2.75, 3.05) is 25.5 Å². The molecule has 0 aliphatic carbocycles. The van der Waals surface area contributed by atoms with Crippen LogP contribution in [-0.4, -0.2) is 47.1 Å². The summed E-state index contributed by atoms with van der Waals surface area (Å²) in [7, 11) is 2.10. The first-order valence-electron chi connectivity index (χ1n) is 5.80. The zero-order valence-electron chi connectivity index (χ0n) is 9.89. The molecule has 0 saturated carbocycles. The lowest BCUT2D eigenvalue weighted by Gasteiger charge is -2.30. The number of likely N-dealkylation sites (tertiary alicyclic amines) is 1. The minimum atomic E-state index is -0.937. The summed E-state index contributed by atoms with van der Waals surface area (Å²) in [6.07, 6.45) is 3.65. The van der Waals surface area contributed by atoms with Crippen LogP contribution in [0.2, 0.25) is 0 Å². The number of carbonyl (C=O) groups is 1. The highest BCUT2D eigenvalue weighted by Gasteiger charge is 2.19. The average molecular weight is 235 g/mol. The standard InChI is InChI=1S/C12H17N3O2/c1-15-7-4-9(5-8-15)14-11-10(12(16)17)3-2-6-13-11/h2-3,6,9H,4-5,7-8H2,1H3,(H,13,14)(H,16,17). The number of carboxylic acids is 1. The van der Waals surface area contributed by atoms with E-state index in [1.54, 1.807) is 18.3 Å². The van der Waals surface area contributed by atoms with Crippen LogP contribution in [0, 0.1) is 0 Å². The van der Waals surface area contributed by atoms with Gasteiger partial charge in [0.1, 0.15) is 11.4 Å². The Morgan fingerprint density at radius 1 is 1.53 bits per heavy atom. The van der Waals surface area contributed by atoms with Gasteiger partial charge in [-0.3, -0.25) is 0 Å². The van der Waals surface area contributed by atoms with Gasteiger partial charge in [0, 0.05) is 12.2 Å². The molecule has 92 valence electrons. The van der Waals surface area contributed by atoms with E-state index in [0.29, 0.717) is 11.9 Å². The predicted octanol–water partition coefficient (Wildman–Crippen LogP) is 1.29. The van der Waals surface area contributed by atoms with Gasteiger partial charge < -0.3 is 15.3 Å². The highest BCUT2D eigenvalue weighted by molar-refractivity contribution is 5.93. The molecular weight excluding hydrogens is 218 g/mol. The van der Waals surface area contributed by atoms with Gasteiger partial charge in [0.2, 0.25) is 0 Å². The van der Waals surface area contributed by atoms with Crippen molar-refractivity contribution in [1.82, 2.24) is 9.88 Å². The van der Waals surface area contributed by atoms with Crippen molar-refractivity contribution >= 4 is 11.8 Å². The lowest BCUT2D eigenvalue weighted by atomic mass is 10.1. The quantitative estimate of drug-likeness (QED) is 0.826. The molecule has 0 radical (unpaired) electrons. The second-order valence-electron chi connectivity index (χ2n) is 4.43. The number of aromatic carboxylic acids is 1. The number of nitrogens with zero attached hydrogens (tertiary/aromatic N) is 2. The molecule has 1 aromatic heterocycles. The van der Waals surface area contributed by atoms with Crippen molar-refractivity contribution < 1.29 is 9.90 Å². The molecule has 0 atom stereocenters. The van der Waals surface area contributed by atoms with Crippen LogP contribution in [0.1, 0.15) is 23.2 Å². The summed E-state index contributed by atoms with van der Waals surface area (Å²) in [5.74, 6) is -0.455. The fourth-order valence-electron chi connectivity index (χ4n) is 2.04. The van der Waals surface area contributed by atoms with Gasteiger partial charge in [-0.25, -0.2) is 9.78 Å². The van der Waals surface area contributed by atoms with Gasteiger partial charge in [0.05, 0.1) is 0 Å². The summed E-state index contributed by atoms with van der Waals surface area (Å²) in [6, 6.07) is 3.54. The summed E-state index contributed by atoms with van der Waals surface area (Å²) in [5, 5.41) is 12.3. The lowest BCUT2D eigenvalue weighted by Crippen LogP contribution is -2.37. The van der Waals surface area contributed by atoms with E-state index in [4.69, 9.17) is 5.11 Å². The van der Waals surface area contributed by atoms with Crippen LogP contribution < -0.4 is 5.32 Å². The molecule has 2 N–H and O–H groups in total. The molecule has 1 aliphatic rings. The Balaban J connectivity index is 2.05. The number of rotatable bonds is 3. The maximum absolute atomic E-state index is 11.0. The minimum Gasteiger partial charge on any atom is -0.478 e. The topological polar surface area (TPSA) is 65.5 Å². The van der Waals surface area contributed by atoms with Crippen molar-refractivity contribution in [3.05, 3.63) is 23.9 Å². The largest absolute Gasteiger partial charge is 0.478 e. The van der Waals surface area contributed by atoms with Gasteiger partial charge in [0.25, 0.3) is 0 Å². The number of carboxylic acid groups (broad SMARTS) is 1. The molecule has 0 aromatic carbocycles. The molecule has 1 aromatic rings. The number of nitrogens with one attached hydrogen (secondary N) is 1. The maximum atomic E-state index is 11.0. The van der Waals surface area contributed by atoms with Gasteiger partial charge in [0.15, 0.2) is 0 Å².